The van der Waals surface area contributed by atoms with E-state index in [1.165, 1.54) is 12.4 Å². The molecule has 64 valence electrons. The van der Waals surface area contributed by atoms with Gasteiger partial charge in [-0.2, -0.15) is 0 Å². The molecular weight excluding hydrogens is 161 g/mol. The van der Waals surface area contributed by atoms with Gasteiger partial charge >= 0.3 is 7.32 Å². The van der Waals surface area contributed by atoms with Crippen molar-refractivity contribution in [2.24, 2.45) is 0 Å². The normalized spacial score (nSPS) is 9.25. The first-order valence-corrected chi connectivity index (χ1v) is 3.25. The van der Waals surface area contributed by atoms with Gasteiger partial charge in [0.05, 0.1) is 12.4 Å². The minimum Gasteiger partial charge on any atom is -0.509 e. The third kappa shape index (κ3) is 2.37. The molecule has 3 N–H and O–H groups in total. The number of rotatable bonds is 3. The molecule has 0 aromatic carbocycles. The Labute approximate surface area is 69.4 Å². The van der Waals surface area contributed by atoms with Crippen LogP contribution in [0.2, 0.25) is 0 Å². The van der Waals surface area contributed by atoms with Crippen LogP contribution in [0.15, 0.2) is 12.4 Å². The molecule has 1 aromatic rings. The summed E-state index contributed by atoms with van der Waals surface area (Å²) in [5.74, 6) is 0.638. The molecule has 6 nitrogen and oxygen atoms in total. The average molecular weight is 169 g/mol. The van der Waals surface area contributed by atoms with E-state index >= 15 is 0 Å². The van der Waals surface area contributed by atoms with Gasteiger partial charge in [-0.3, -0.25) is 0 Å². The van der Waals surface area contributed by atoms with Crippen molar-refractivity contribution in [2.75, 3.05) is 12.4 Å². The predicted octanol–water partition coefficient (Wildman–Crippen LogP) is -1.13. The van der Waals surface area contributed by atoms with Crippen molar-refractivity contribution in [3.05, 3.63) is 12.4 Å². The van der Waals surface area contributed by atoms with E-state index in [4.69, 9.17) is 10.0 Å². The Balaban J connectivity index is 2.65. The maximum Gasteiger partial charge on any atom is 0.707 e. The first kappa shape index (κ1) is 8.76. The standard InChI is InChI=1S/C5H8BN3O3/c1-7-5-8-2-4(3-9-5)12-6(10)11/h2-3,10-11H,1H3,(H,7,8,9). The van der Waals surface area contributed by atoms with Crippen molar-refractivity contribution in [3.8, 4) is 5.75 Å². The van der Waals surface area contributed by atoms with Gasteiger partial charge in [0.1, 0.15) is 5.75 Å². The van der Waals surface area contributed by atoms with Gasteiger partial charge in [-0.15, -0.1) is 0 Å². The molecule has 0 spiro atoms. The molecule has 1 heterocycles. The number of nitrogens with zero attached hydrogens (tertiary/aromatic N) is 2. The molecule has 0 aliphatic heterocycles. The Morgan fingerprint density at radius 2 is 2.00 bits per heavy atom. The van der Waals surface area contributed by atoms with E-state index in [2.05, 4.69) is 19.9 Å². The number of aromatic nitrogens is 2. The summed E-state index contributed by atoms with van der Waals surface area (Å²) in [6.07, 6.45) is 2.66. The van der Waals surface area contributed by atoms with Gasteiger partial charge in [0.2, 0.25) is 5.95 Å². The molecule has 0 aliphatic carbocycles. The zero-order valence-corrected chi connectivity index (χ0v) is 6.43. The molecule has 7 heteroatoms. The maximum absolute atomic E-state index is 8.39. The van der Waals surface area contributed by atoms with Crippen molar-refractivity contribution in [1.82, 2.24) is 9.97 Å². The lowest BCUT2D eigenvalue weighted by Gasteiger charge is -2.03. The zero-order valence-electron chi connectivity index (χ0n) is 6.43. The fourth-order valence-corrected chi connectivity index (χ4v) is 0.628. The van der Waals surface area contributed by atoms with Crippen molar-refractivity contribution in [2.45, 2.75) is 0 Å². The number of anilines is 1. The molecule has 12 heavy (non-hydrogen) atoms. The van der Waals surface area contributed by atoms with Crippen LogP contribution in [0.1, 0.15) is 0 Å². The lowest BCUT2D eigenvalue weighted by Crippen LogP contribution is -2.20. The second-order valence-electron chi connectivity index (χ2n) is 1.94. The van der Waals surface area contributed by atoms with Crippen LogP contribution in [0.25, 0.3) is 0 Å². The van der Waals surface area contributed by atoms with Gasteiger partial charge < -0.3 is 20.0 Å². The Bertz CT molecular complexity index is 240. The Hall–Kier alpha value is -1.34. The largest absolute Gasteiger partial charge is 0.707 e. The summed E-state index contributed by atoms with van der Waals surface area (Å²) in [4.78, 5) is 7.56. The summed E-state index contributed by atoms with van der Waals surface area (Å²) in [5.41, 5.74) is 0. The van der Waals surface area contributed by atoms with Crippen molar-refractivity contribution >= 4 is 13.3 Å². The van der Waals surface area contributed by atoms with Gasteiger partial charge in [0.15, 0.2) is 0 Å². The van der Waals surface area contributed by atoms with Crippen LogP contribution in [0.5, 0.6) is 5.75 Å². The molecule has 1 aromatic heterocycles. The molecule has 0 atom stereocenters. The van der Waals surface area contributed by atoms with E-state index in [0.717, 1.165) is 0 Å². The highest BCUT2D eigenvalue weighted by Crippen LogP contribution is 2.07. The molecule has 0 unspecified atom stereocenters. The Morgan fingerprint density at radius 3 is 2.42 bits per heavy atom. The molecular formula is C5H8BN3O3. The average Bonchev–Trinajstić information content (AvgIpc) is 2.05. The molecule has 0 aliphatic rings. The third-order valence-corrected chi connectivity index (χ3v) is 1.09. The number of nitrogens with one attached hydrogen (secondary N) is 1. The smallest absolute Gasteiger partial charge is 0.509 e. The van der Waals surface area contributed by atoms with E-state index in [0.29, 0.717) is 5.95 Å². The van der Waals surface area contributed by atoms with Crippen LogP contribution in [0, 0.1) is 0 Å². The molecule has 0 saturated carbocycles. The van der Waals surface area contributed by atoms with Crippen molar-refractivity contribution in [1.29, 1.82) is 0 Å². The van der Waals surface area contributed by atoms with Gasteiger partial charge in [0, 0.05) is 7.05 Å². The van der Waals surface area contributed by atoms with E-state index in [9.17, 15) is 0 Å². The van der Waals surface area contributed by atoms with Crippen LogP contribution in [0.3, 0.4) is 0 Å². The van der Waals surface area contributed by atoms with Gasteiger partial charge in [-0.25, -0.2) is 9.97 Å². The summed E-state index contributed by atoms with van der Waals surface area (Å²) < 4.78 is 4.47. The quantitative estimate of drug-likeness (QED) is 0.496. The van der Waals surface area contributed by atoms with Crippen LogP contribution in [-0.4, -0.2) is 34.4 Å². The van der Waals surface area contributed by atoms with E-state index in [1.54, 1.807) is 7.05 Å². The van der Waals surface area contributed by atoms with Crippen LogP contribution in [0.4, 0.5) is 5.95 Å². The first-order valence-electron chi connectivity index (χ1n) is 3.25. The van der Waals surface area contributed by atoms with Gasteiger partial charge in [0.25, 0.3) is 0 Å². The third-order valence-electron chi connectivity index (χ3n) is 1.09. The fourth-order valence-electron chi connectivity index (χ4n) is 0.628. The first-order chi connectivity index (χ1) is 5.72. The molecule has 0 saturated heterocycles. The summed E-state index contributed by atoms with van der Waals surface area (Å²) in [6, 6.07) is 0. The SMILES string of the molecule is CNc1ncc(OB(O)O)cn1. The molecule has 0 radical (unpaired) electrons. The van der Waals surface area contributed by atoms with Crippen molar-refractivity contribution in [3.63, 3.8) is 0 Å². The highest BCUT2D eigenvalue weighted by Gasteiger charge is 2.11. The van der Waals surface area contributed by atoms with Crippen LogP contribution < -0.4 is 9.97 Å². The highest BCUT2D eigenvalue weighted by atomic mass is 16.6. The molecule has 1 rings (SSSR count). The van der Waals surface area contributed by atoms with Crippen molar-refractivity contribution < 1.29 is 14.7 Å². The second-order valence-corrected chi connectivity index (χ2v) is 1.94. The number of hydrogen-bond acceptors (Lipinski definition) is 6. The van der Waals surface area contributed by atoms with Gasteiger partial charge in [-0.1, -0.05) is 0 Å². The minimum atomic E-state index is -1.84. The second kappa shape index (κ2) is 3.89. The van der Waals surface area contributed by atoms with E-state index < -0.39 is 7.32 Å². The Kier molecular flexibility index (Phi) is 2.84. The molecule has 0 amide bonds. The highest BCUT2D eigenvalue weighted by molar-refractivity contribution is 6.33. The summed E-state index contributed by atoms with van der Waals surface area (Å²) in [6.45, 7) is 0. The molecule has 0 bridgehead atoms. The summed E-state index contributed by atoms with van der Waals surface area (Å²) in [7, 11) is -0.162. The van der Waals surface area contributed by atoms with E-state index in [-0.39, 0.29) is 5.75 Å². The summed E-state index contributed by atoms with van der Waals surface area (Å²) >= 11 is 0. The monoisotopic (exact) mass is 169 g/mol. The van der Waals surface area contributed by atoms with Crippen LogP contribution in [-0.2, 0) is 0 Å². The maximum atomic E-state index is 8.39. The number of hydrogen-bond donors (Lipinski definition) is 3. The molecule has 0 fully saturated rings. The van der Waals surface area contributed by atoms with Crippen LogP contribution >= 0.6 is 0 Å². The lowest BCUT2D eigenvalue weighted by molar-refractivity contribution is 0.287. The predicted molar refractivity (Wildman–Crippen MR) is 42.4 cm³/mol. The fraction of sp³-hybridized carbons (Fsp3) is 0.200. The Morgan fingerprint density at radius 1 is 1.42 bits per heavy atom. The zero-order chi connectivity index (χ0) is 8.97. The lowest BCUT2D eigenvalue weighted by atomic mass is 10.2. The van der Waals surface area contributed by atoms with E-state index in [1.807, 2.05) is 0 Å². The summed E-state index contributed by atoms with van der Waals surface area (Å²) in [5, 5.41) is 19.5. The minimum absolute atomic E-state index is 0.198. The van der Waals surface area contributed by atoms with Gasteiger partial charge in [-0.05, 0) is 0 Å². The topological polar surface area (TPSA) is 87.5 Å².